The minimum absolute atomic E-state index is 0.272. The quantitative estimate of drug-likeness (QED) is 0.671. The normalized spacial score (nSPS) is 13.3. The highest BCUT2D eigenvalue weighted by molar-refractivity contribution is 6.02. The molecule has 130 valence electrons. The molecule has 0 spiro atoms. The molecule has 6 nitrogen and oxygen atoms in total. The van der Waals surface area contributed by atoms with Gasteiger partial charge in [-0.15, -0.1) is 0 Å². The van der Waals surface area contributed by atoms with E-state index < -0.39 is 0 Å². The number of hydrogen-bond acceptors (Lipinski definition) is 5. The third-order valence-electron chi connectivity index (χ3n) is 3.85. The Balaban J connectivity index is 1.74. The summed E-state index contributed by atoms with van der Waals surface area (Å²) >= 11 is 0. The first-order valence-corrected chi connectivity index (χ1v) is 8.12. The lowest BCUT2D eigenvalue weighted by molar-refractivity contribution is 0.0955. The van der Waals surface area contributed by atoms with Gasteiger partial charge in [0.2, 0.25) is 0 Å². The van der Waals surface area contributed by atoms with E-state index in [1.165, 1.54) is 0 Å². The molecule has 0 aliphatic carbocycles. The number of ether oxygens (including phenoxy) is 3. The maximum atomic E-state index is 12.2. The van der Waals surface area contributed by atoms with Gasteiger partial charge in [-0.3, -0.25) is 4.79 Å². The number of benzene rings is 2. The Morgan fingerprint density at radius 2 is 1.76 bits per heavy atom. The van der Waals surface area contributed by atoms with Crippen molar-refractivity contribution in [3.63, 3.8) is 0 Å². The van der Waals surface area contributed by atoms with Gasteiger partial charge in [0.1, 0.15) is 19.0 Å². The minimum Gasteiger partial charge on any atom is -0.497 e. The summed E-state index contributed by atoms with van der Waals surface area (Å²) in [4.78, 5) is 12.2. The Bertz CT molecular complexity index is 785. The van der Waals surface area contributed by atoms with Gasteiger partial charge < -0.3 is 14.2 Å². The van der Waals surface area contributed by atoms with E-state index in [1.807, 2.05) is 25.1 Å². The molecule has 1 N–H and O–H groups in total. The van der Waals surface area contributed by atoms with E-state index in [0.29, 0.717) is 36.7 Å². The number of carbonyl (C=O) groups is 1. The number of carbonyl (C=O) groups excluding carboxylic acids is 1. The lowest BCUT2D eigenvalue weighted by Gasteiger charge is -2.19. The number of rotatable bonds is 5. The zero-order valence-corrected chi connectivity index (χ0v) is 14.2. The largest absolute Gasteiger partial charge is 0.497 e. The molecule has 2 aromatic carbocycles. The molecule has 0 aromatic heterocycles. The van der Waals surface area contributed by atoms with Gasteiger partial charge >= 0.3 is 0 Å². The fourth-order valence-electron chi connectivity index (χ4n) is 2.50. The van der Waals surface area contributed by atoms with Crippen LogP contribution in [0.3, 0.4) is 0 Å². The lowest BCUT2D eigenvalue weighted by atomic mass is 10.1. The predicted octanol–water partition coefficient (Wildman–Crippen LogP) is 3.01. The molecule has 1 aliphatic heterocycles. The van der Waals surface area contributed by atoms with Crippen LogP contribution in [0, 0.1) is 0 Å². The number of fused-ring (bicyclic) bond motifs is 1. The summed E-state index contributed by atoms with van der Waals surface area (Å²) in [6, 6.07) is 12.5. The van der Waals surface area contributed by atoms with E-state index >= 15 is 0 Å². The predicted molar refractivity (Wildman–Crippen MR) is 94.7 cm³/mol. The summed E-state index contributed by atoms with van der Waals surface area (Å²) in [6.07, 6.45) is 0.669. The molecule has 0 radical (unpaired) electrons. The molecular weight excluding hydrogens is 320 g/mol. The van der Waals surface area contributed by atoms with E-state index in [0.717, 1.165) is 17.0 Å². The van der Waals surface area contributed by atoms with Crippen LogP contribution >= 0.6 is 0 Å². The van der Waals surface area contributed by atoms with Crippen LogP contribution in [0.25, 0.3) is 0 Å². The van der Waals surface area contributed by atoms with Crippen LogP contribution in [-0.4, -0.2) is 31.9 Å². The molecule has 0 fully saturated rings. The number of hydrazone groups is 1. The first-order valence-electron chi connectivity index (χ1n) is 8.12. The Kier molecular flexibility index (Phi) is 5.18. The van der Waals surface area contributed by atoms with E-state index in [4.69, 9.17) is 14.2 Å². The Morgan fingerprint density at radius 3 is 2.44 bits per heavy atom. The van der Waals surface area contributed by atoms with Crippen LogP contribution in [0.2, 0.25) is 0 Å². The zero-order valence-electron chi connectivity index (χ0n) is 14.2. The fraction of sp³-hybridized carbons (Fsp3) is 0.263. The third kappa shape index (κ3) is 3.91. The second kappa shape index (κ2) is 7.70. The van der Waals surface area contributed by atoms with E-state index in [-0.39, 0.29) is 5.91 Å². The Hall–Kier alpha value is -3.02. The van der Waals surface area contributed by atoms with Gasteiger partial charge in [0.25, 0.3) is 5.91 Å². The number of hydrogen-bond donors (Lipinski definition) is 1. The van der Waals surface area contributed by atoms with Crippen molar-refractivity contribution < 1.29 is 19.0 Å². The van der Waals surface area contributed by atoms with Crippen molar-refractivity contribution in [2.75, 3.05) is 20.3 Å². The summed E-state index contributed by atoms with van der Waals surface area (Å²) in [7, 11) is 1.58. The van der Waals surface area contributed by atoms with Crippen LogP contribution in [0.5, 0.6) is 17.2 Å². The van der Waals surface area contributed by atoms with Gasteiger partial charge in [-0.1, -0.05) is 6.92 Å². The monoisotopic (exact) mass is 340 g/mol. The number of methoxy groups -OCH3 is 1. The summed E-state index contributed by atoms with van der Waals surface area (Å²) in [5.41, 5.74) is 4.77. The summed E-state index contributed by atoms with van der Waals surface area (Å²) < 4.78 is 16.2. The highest BCUT2D eigenvalue weighted by Gasteiger charge is 2.14. The minimum atomic E-state index is -0.272. The molecule has 2 aromatic rings. The van der Waals surface area contributed by atoms with Crippen molar-refractivity contribution in [1.29, 1.82) is 0 Å². The highest BCUT2D eigenvalue weighted by Crippen LogP contribution is 2.31. The maximum absolute atomic E-state index is 12.2. The van der Waals surface area contributed by atoms with Gasteiger partial charge in [-0.25, -0.2) is 5.43 Å². The SMILES string of the molecule is CC/C(=N/NC(=O)c1ccc(OC)cc1)c1ccc2c(c1)OCCO2. The summed E-state index contributed by atoms with van der Waals surface area (Å²) in [6.45, 7) is 3.07. The van der Waals surface area contributed by atoms with E-state index in [2.05, 4.69) is 10.5 Å². The molecule has 0 saturated heterocycles. The zero-order chi connectivity index (χ0) is 17.6. The van der Waals surface area contributed by atoms with Crippen molar-refractivity contribution in [3.05, 3.63) is 53.6 Å². The lowest BCUT2D eigenvalue weighted by Crippen LogP contribution is -2.20. The standard InChI is InChI=1S/C19H20N2O4/c1-3-16(14-6-9-17-18(12-14)25-11-10-24-17)20-21-19(22)13-4-7-15(23-2)8-5-13/h4-9,12H,3,10-11H2,1-2H3,(H,21,22)/b20-16-. The molecule has 0 saturated carbocycles. The van der Waals surface area contributed by atoms with Crippen molar-refractivity contribution >= 4 is 11.6 Å². The van der Waals surface area contributed by atoms with Crippen LogP contribution in [0.4, 0.5) is 0 Å². The average Bonchev–Trinajstić information content (AvgIpc) is 2.68. The summed E-state index contributed by atoms with van der Waals surface area (Å²) in [5, 5.41) is 4.27. The van der Waals surface area contributed by atoms with Crippen molar-refractivity contribution in [1.82, 2.24) is 5.43 Å². The Labute approximate surface area is 146 Å². The van der Waals surface area contributed by atoms with E-state index in [9.17, 15) is 4.79 Å². The molecule has 0 atom stereocenters. The highest BCUT2D eigenvalue weighted by atomic mass is 16.6. The number of amides is 1. The second-order valence-electron chi connectivity index (χ2n) is 5.44. The van der Waals surface area contributed by atoms with Crippen LogP contribution in [0.15, 0.2) is 47.6 Å². The molecule has 0 unspecified atom stereocenters. The maximum Gasteiger partial charge on any atom is 0.271 e. The van der Waals surface area contributed by atoms with Crippen LogP contribution < -0.4 is 19.6 Å². The molecule has 25 heavy (non-hydrogen) atoms. The average molecular weight is 340 g/mol. The van der Waals surface area contributed by atoms with Gasteiger partial charge in [0, 0.05) is 11.1 Å². The Morgan fingerprint density at radius 1 is 1.08 bits per heavy atom. The molecule has 1 amide bonds. The molecule has 1 aliphatic rings. The molecule has 0 bridgehead atoms. The van der Waals surface area contributed by atoms with Gasteiger partial charge in [-0.05, 0) is 48.9 Å². The van der Waals surface area contributed by atoms with Crippen molar-refractivity contribution in [2.24, 2.45) is 5.10 Å². The molecular formula is C19H20N2O4. The molecule has 6 heteroatoms. The fourth-order valence-corrected chi connectivity index (χ4v) is 2.50. The van der Waals surface area contributed by atoms with Crippen molar-refractivity contribution in [2.45, 2.75) is 13.3 Å². The van der Waals surface area contributed by atoms with Crippen molar-refractivity contribution in [3.8, 4) is 17.2 Å². The molecule has 1 heterocycles. The number of nitrogens with zero attached hydrogens (tertiary/aromatic N) is 1. The van der Waals surface area contributed by atoms with Crippen LogP contribution in [0.1, 0.15) is 29.3 Å². The first kappa shape index (κ1) is 16.8. The topological polar surface area (TPSA) is 69.2 Å². The number of nitrogens with one attached hydrogen (secondary N) is 1. The third-order valence-corrected chi connectivity index (χ3v) is 3.85. The first-order chi connectivity index (χ1) is 12.2. The van der Waals surface area contributed by atoms with Crippen LogP contribution in [-0.2, 0) is 0 Å². The van der Waals surface area contributed by atoms with Gasteiger partial charge in [0.15, 0.2) is 11.5 Å². The van der Waals surface area contributed by atoms with Gasteiger partial charge in [0.05, 0.1) is 12.8 Å². The second-order valence-corrected chi connectivity index (χ2v) is 5.44. The van der Waals surface area contributed by atoms with Gasteiger partial charge in [-0.2, -0.15) is 5.10 Å². The van der Waals surface area contributed by atoms with E-state index in [1.54, 1.807) is 31.4 Å². The summed E-state index contributed by atoms with van der Waals surface area (Å²) in [5.74, 6) is 1.86. The molecule has 3 rings (SSSR count). The smallest absolute Gasteiger partial charge is 0.271 e.